The van der Waals surface area contributed by atoms with E-state index in [0.29, 0.717) is 24.8 Å². The number of hydrogen-bond acceptors (Lipinski definition) is 3. The van der Waals surface area contributed by atoms with E-state index in [-0.39, 0.29) is 5.75 Å². The molecule has 1 aliphatic rings. The van der Waals surface area contributed by atoms with Crippen LogP contribution in [0.15, 0.2) is 0 Å². The third-order valence-electron chi connectivity index (χ3n) is 3.51. The van der Waals surface area contributed by atoms with Crippen LogP contribution in [-0.4, -0.2) is 51.6 Å². The molecule has 0 saturated carbocycles. The minimum atomic E-state index is -3.08. The van der Waals surface area contributed by atoms with Gasteiger partial charge in [0.1, 0.15) is 0 Å². The van der Waals surface area contributed by atoms with Crippen molar-refractivity contribution < 1.29 is 8.42 Å². The van der Waals surface area contributed by atoms with E-state index in [1.165, 1.54) is 12.8 Å². The van der Waals surface area contributed by atoms with Crippen LogP contribution in [0.2, 0.25) is 0 Å². The van der Waals surface area contributed by atoms with Crippen molar-refractivity contribution in [3.05, 3.63) is 0 Å². The van der Waals surface area contributed by atoms with Gasteiger partial charge in [0.05, 0.1) is 5.75 Å². The van der Waals surface area contributed by atoms with Crippen LogP contribution in [-0.2, 0) is 10.0 Å². The quantitative estimate of drug-likeness (QED) is 0.547. The Morgan fingerprint density at radius 1 is 1.28 bits per heavy atom. The van der Waals surface area contributed by atoms with Gasteiger partial charge in [0.2, 0.25) is 10.0 Å². The Hall–Kier alpha value is 0.160. The summed E-state index contributed by atoms with van der Waals surface area (Å²) >= 11 is 5.53. The van der Waals surface area contributed by atoms with Crippen molar-refractivity contribution in [1.82, 2.24) is 9.62 Å². The molecule has 0 amide bonds. The lowest BCUT2D eigenvalue weighted by Gasteiger charge is -2.28. The number of likely N-dealkylation sites (tertiary alicyclic amines) is 1. The standard InChI is InChI=1S/C12H25ClN2O2S/c1-15-9-5-12(6-10-15)4-8-14-18(16,17)11-3-2-7-13/h12,14H,2-11H2,1H3. The first-order valence-corrected chi connectivity index (χ1v) is 8.94. The smallest absolute Gasteiger partial charge is 0.211 e. The normalized spacial score (nSPS) is 19.2. The molecule has 0 atom stereocenters. The summed E-state index contributed by atoms with van der Waals surface area (Å²) in [7, 11) is -0.950. The summed E-state index contributed by atoms with van der Waals surface area (Å²) in [5, 5.41) is 0. The number of unbranched alkanes of at least 4 members (excludes halogenated alkanes) is 1. The second-order valence-electron chi connectivity index (χ2n) is 5.14. The second kappa shape index (κ2) is 8.35. The first-order chi connectivity index (χ1) is 8.53. The topological polar surface area (TPSA) is 49.4 Å². The molecule has 0 unspecified atom stereocenters. The minimum Gasteiger partial charge on any atom is -0.306 e. The third kappa shape index (κ3) is 6.92. The van der Waals surface area contributed by atoms with Gasteiger partial charge < -0.3 is 4.90 Å². The fraction of sp³-hybridized carbons (Fsp3) is 1.00. The summed E-state index contributed by atoms with van der Waals surface area (Å²) in [6.45, 7) is 2.85. The molecule has 4 nitrogen and oxygen atoms in total. The summed E-state index contributed by atoms with van der Waals surface area (Å²) in [5.41, 5.74) is 0. The molecule has 1 rings (SSSR count). The molecule has 0 aromatic carbocycles. The van der Waals surface area contributed by atoms with E-state index in [4.69, 9.17) is 11.6 Å². The van der Waals surface area contributed by atoms with Crippen molar-refractivity contribution in [1.29, 1.82) is 0 Å². The summed E-state index contributed by atoms with van der Waals surface area (Å²) in [6, 6.07) is 0. The highest BCUT2D eigenvalue weighted by Crippen LogP contribution is 2.18. The zero-order valence-corrected chi connectivity index (χ0v) is 12.8. The Morgan fingerprint density at radius 2 is 1.94 bits per heavy atom. The number of nitrogens with zero attached hydrogens (tertiary/aromatic N) is 1. The molecule has 0 spiro atoms. The molecule has 18 heavy (non-hydrogen) atoms. The molecular formula is C12H25ClN2O2S. The highest BCUT2D eigenvalue weighted by Gasteiger charge is 2.17. The van der Waals surface area contributed by atoms with E-state index in [1.54, 1.807) is 0 Å². The van der Waals surface area contributed by atoms with Gasteiger partial charge in [0.15, 0.2) is 0 Å². The largest absolute Gasteiger partial charge is 0.306 e. The number of hydrogen-bond donors (Lipinski definition) is 1. The van der Waals surface area contributed by atoms with Gasteiger partial charge >= 0.3 is 0 Å². The molecule has 1 saturated heterocycles. The van der Waals surface area contributed by atoms with E-state index in [9.17, 15) is 8.42 Å². The lowest BCUT2D eigenvalue weighted by molar-refractivity contribution is 0.213. The van der Waals surface area contributed by atoms with E-state index >= 15 is 0 Å². The van der Waals surface area contributed by atoms with Gasteiger partial charge in [-0.2, -0.15) is 0 Å². The fourth-order valence-corrected chi connectivity index (χ4v) is 3.57. The van der Waals surface area contributed by atoms with Gasteiger partial charge in [-0.1, -0.05) is 0 Å². The predicted octanol–water partition coefficient (Wildman–Crippen LogP) is 1.66. The Bertz CT molecular complexity index is 314. The average molecular weight is 297 g/mol. The maximum atomic E-state index is 11.6. The van der Waals surface area contributed by atoms with Gasteiger partial charge in [0.25, 0.3) is 0 Å². The zero-order chi connectivity index (χ0) is 13.4. The first-order valence-electron chi connectivity index (χ1n) is 6.75. The molecule has 0 aromatic rings. The van der Waals surface area contributed by atoms with Crippen molar-refractivity contribution >= 4 is 21.6 Å². The lowest BCUT2D eigenvalue weighted by atomic mass is 9.94. The highest BCUT2D eigenvalue weighted by molar-refractivity contribution is 7.89. The molecule has 108 valence electrons. The van der Waals surface area contributed by atoms with Gasteiger partial charge in [-0.3, -0.25) is 0 Å². The second-order valence-corrected chi connectivity index (χ2v) is 7.45. The van der Waals surface area contributed by atoms with Crippen molar-refractivity contribution in [2.45, 2.75) is 32.1 Å². The summed E-state index contributed by atoms with van der Waals surface area (Å²) in [5.74, 6) is 1.41. The monoisotopic (exact) mass is 296 g/mol. The van der Waals surface area contributed by atoms with Crippen molar-refractivity contribution in [3.63, 3.8) is 0 Å². The van der Waals surface area contributed by atoms with Crippen LogP contribution in [0.25, 0.3) is 0 Å². The van der Waals surface area contributed by atoms with Gasteiger partial charge in [-0.25, -0.2) is 13.1 Å². The van der Waals surface area contributed by atoms with Crippen LogP contribution < -0.4 is 4.72 Å². The van der Waals surface area contributed by atoms with Crippen LogP contribution in [0.5, 0.6) is 0 Å². The number of alkyl halides is 1. The van der Waals surface area contributed by atoms with Gasteiger partial charge in [-0.05, 0) is 58.2 Å². The SMILES string of the molecule is CN1CCC(CCNS(=O)(=O)CCCCCl)CC1. The van der Waals surface area contributed by atoms with Crippen LogP contribution in [0, 0.1) is 5.92 Å². The van der Waals surface area contributed by atoms with Crippen molar-refractivity contribution in [3.8, 4) is 0 Å². The number of rotatable bonds is 8. The number of halogens is 1. The first kappa shape index (κ1) is 16.2. The van der Waals surface area contributed by atoms with Crippen molar-refractivity contribution in [2.75, 3.05) is 38.3 Å². The van der Waals surface area contributed by atoms with Crippen LogP contribution in [0.4, 0.5) is 0 Å². The number of piperidine rings is 1. The molecule has 0 radical (unpaired) electrons. The summed E-state index contributed by atoms with van der Waals surface area (Å²) < 4.78 is 26.0. The number of sulfonamides is 1. The third-order valence-corrected chi connectivity index (χ3v) is 5.25. The summed E-state index contributed by atoms with van der Waals surface area (Å²) in [6.07, 6.45) is 4.74. The molecule has 0 aliphatic carbocycles. The molecule has 6 heteroatoms. The molecule has 0 bridgehead atoms. The predicted molar refractivity (Wildman–Crippen MR) is 76.6 cm³/mol. The highest BCUT2D eigenvalue weighted by atomic mass is 35.5. The molecule has 0 aromatic heterocycles. The maximum Gasteiger partial charge on any atom is 0.211 e. The number of nitrogens with one attached hydrogen (secondary N) is 1. The molecular weight excluding hydrogens is 272 g/mol. The van der Waals surface area contributed by atoms with E-state index in [0.717, 1.165) is 25.9 Å². The Morgan fingerprint density at radius 3 is 2.56 bits per heavy atom. The van der Waals surface area contributed by atoms with Crippen LogP contribution in [0.3, 0.4) is 0 Å². The summed E-state index contributed by atoms with van der Waals surface area (Å²) in [4.78, 5) is 2.33. The fourth-order valence-electron chi connectivity index (χ4n) is 2.23. The molecule has 1 aliphatic heterocycles. The molecule has 1 fully saturated rings. The molecule has 1 N–H and O–H groups in total. The Labute approximate surface area is 116 Å². The Balaban J connectivity index is 2.12. The van der Waals surface area contributed by atoms with E-state index < -0.39 is 10.0 Å². The lowest BCUT2D eigenvalue weighted by Crippen LogP contribution is -2.33. The minimum absolute atomic E-state index is 0.202. The van der Waals surface area contributed by atoms with Gasteiger partial charge in [0, 0.05) is 12.4 Å². The zero-order valence-electron chi connectivity index (χ0n) is 11.2. The van der Waals surface area contributed by atoms with E-state index in [2.05, 4.69) is 16.7 Å². The Kier molecular flexibility index (Phi) is 7.53. The van der Waals surface area contributed by atoms with Crippen LogP contribution >= 0.6 is 11.6 Å². The average Bonchev–Trinajstić information content (AvgIpc) is 2.32. The van der Waals surface area contributed by atoms with Gasteiger partial charge in [-0.15, -0.1) is 11.6 Å². The van der Waals surface area contributed by atoms with Crippen LogP contribution in [0.1, 0.15) is 32.1 Å². The van der Waals surface area contributed by atoms with E-state index in [1.807, 2.05) is 0 Å². The molecule has 1 heterocycles. The maximum absolute atomic E-state index is 11.6. The van der Waals surface area contributed by atoms with Crippen molar-refractivity contribution in [2.24, 2.45) is 5.92 Å².